The van der Waals surface area contributed by atoms with Gasteiger partial charge in [-0.25, -0.2) is 4.98 Å². The van der Waals surface area contributed by atoms with Crippen molar-refractivity contribution in [3.05, 3.63) is 18.1 Å². The van der Waals surface area contributed by atoms with Crippen LogP contribution in [0.25, 0.3) is 0 Å². The largest absolute Gasteiger partial charge is 0.369 e. The summed E-state index contributed by atoms with van der Waals surface area (Å²) in [4.78, 5) is 8.44. The van der Waals surface area contributed by atoms with Crippen molar-refractivity contribution in [1.82, 2.24) is 9.97 Å². The molecule has 66 valence electrons. The summed E-state index contributed by atoms with van der Waals surface area (Å²) in [6, 6.07) is 0. The number of rotatable bonds is 4. The quantitative estimate of drug-likeness (QED) is 0.772. The molecule has 0 aliphatic carbocycles. The second-order valence-electron chi connectivity index (χ2n) is 2.36. The second kappa shape index (κ2) is 4.98. The molecule has 0 aliphatic heterocycles. The predicted molar refractivity (Wildman–Crippen MR) is 53.4 cm³/mol. The van der Waals surface area contributed by atoms with E-state index >= 15 is 0 Å². The van der Waals surface area contributed by atoms with E-state index in [2.05, 4.69) is 21.5 Å². The van der Waals surface area contributed by atoms with Gasteiger partial charge in [-0.15, -0.1) is 0 Å². The van der Waals surface area contributed by atoms with Crippen molar-refractivity contribution in [2.75, 3.05) is 18.1 Å². The summed E-state index contributed by atoms with van der Waals surface area (Å²) >= 11 is 1.75. The molecule has 0 spiro atoms. The molecule has 0 fully saturated rings. The van der Waals surface area contributed by atoms with Crippen LogP contribution in [0.2, 0.25) is 0 Å². The minimum absolute atomic E-state index is 0.849. The van der Waals surface area contributed by atoms with Gasteiger partial charge in [-0.2, -0.15) is 11.8 Å². The van der Waals surface area contributed by atoms with E-state index in [4.69, 9.17) is 0 Å². The van der Waals surface area contributed by atoms with Crippen molar-refractivity contribution >= 4 is 17.6 Å². The Labute approximate surface area is 77.0 Å². The SMILES string of the molecule is CCNc1cnc(CSC)cn1. The van der Waals surface area contributed by atoms with Crippen molar-refractivity contribution in [2.45, 2.75) is 12.7 Å². The van der Waals surface area contributed by atoms with Crippen LogP contribution in [0.5, 0.6) is 0 Å². The number of nitrogens with zero attached hydrogens (tertiary/aromatic N) is 2. The van der Waals surface area contributed by atoms with Gasteiger partial charge in [0.25, 0.3) is 0 Å². The monoisotopic (exact) mass is 183 g/mol. The second-order valence-corrected chi connectivity index (χ2v) is 3.22. The first-order valence-corrected chi connectivity index (χ1v) is 5.30. The Bertz CT molecular complexity index is 197. The molecular weight excluding hydrogens is 170 g/mol. The average Bonchev–Trinajstić information content (AvgIpc) is 2.09. The van der Waals surface area contributed by atoms with E-state index in [9.17, 15) is 0 Å². The lowest BCUT2D eigenvalue weighted by Crippen LogP contribution is -2.00. The van der Waals surface area contributed by atoms with Gasteiger partial charge >= 0.3 is 0 Å². The summed E-state index contributed by atoms with van der Waals surface area (Å²) in [6.07, 6.45) is 5.64. The van der Waals surface area contributed by atoms with Crippen LogP contribution in [0.15, 0.2) is 12.4 Å². The third kappa shape index (κ3) is 2.70. The van der Waals surface area contributed by atoms with Gasteiger partial charge in [0.1, 0.15) is 5.82 Å². The normalized spacial score (nSPS) is 9.83. The first-order valence-electron chi connectivity index (χ1n) is 3.90. The third-order valence-electron chi connectivity index (χ3n) is 1.36. The van der Waals surface area contributed by atoms with Gasteiger partial charge in [-0.1, -0.05) is 0 Å². The van der Waals surface area contributed by atoms with Crippen LogP contribution in [-0.2, 0) is 5.75 Å². The molecule has 12 heavy (non-hydrogen) atoms. The summed E-state index contributed by atoms with van der Waals surface area (Å²) in [6.45, 7) is 2.92. The van der Waals surface area contributed by atoms with Crippen molar-refractivity contribution in [3.63, 3.8) is 0 Å². The number of thioether (sulfide) groups is 1. The smallest absolute Gasteiger partial charge is 0.144 e. The maximum atomic E-state index is 4.24. The van der Waals surface area contributed by atoms with Crippen molar-refractivity contribution < 1.29 is 0 Å². The number of hydrogen-bond acceptors (Lipinski definition) is 4. The van der Waals surface area contributed by atoms with Gasteiger partial charge in [0.05, 0.1) is 18.1 Å². The molecule has 4 heteroatoms. The fraction of sp³-hybridized carbons (Fsp3) is 0.500. The molecule has 1 N–H and O–H groups in total. The number of hydrogen-bond donors (Lipinski definition) is 1. The van der Waals surface area contributed by atoms with Gasteiger partial charge in [-0.3, -0.25) is 4.98 Å². The molecule has 0 radical (unpaired) electrons. The summed E-state index contributed by atoms with van der Waals surface area (Å²) < 4.78 is 0. The molecule has 0 unspecified atom stereocenters. The Kier molecular flexibility index (Phi) is 3.87. The Morgan fingerprint density at radius 1 is 1.42 bits per heavy atom. The zero-order valence-electron chi connectivity index (χ0n) is 7.37. The minimum Gasteiger partial charge on any atom is -0.369 e. The maximum Gasteiger partial charge on any atom is 0.144 e. The molecule has 1 rings (SSSR count). The van der Waals surface area contributed by atoms with Crippen LogP contribution in [0.4, 0.5) is 5.82 Å². The van der Waals surface area contributed by atoms with Gasteiger partial charge in [0.15, 0.2) is 0 Å². The van der Waals surface area contributed by atoms with Crippen molar-refractivity contribution in [3.8, 4) is 0 Å². The molecule has 0 bridgehead atoms. The summed E-state index contributed by atoms with van der Waals surface area (Å²) in [7, 11) is 0. The molecular formula is C8H13N3S. The molecule has 0 amide bonds. The number of aromatic nitrogens is 2. The molecule has 1 aromatic heterocycles. The van der Waals surface area contributed by atoms with E-state index in [0.29, 0.717) is 0 Å². The molecule has 0 aliphatic rings. The van der Waals surface area contributed by atoms with E-state index in [1.54, 1.807) is 18.0 Å². The molecule has 0 atom stereocenters. The Balaban J connectivity index is 2.58. The summed E-state index contributed by atoms with van der Waals surface area (Å²) in [5.41, 5.74) is 1.03. The first-order chi connectivity index (χ1) is 5.86. The van der Waals surface area contributed by atoms with Gasteiger partial charge in [-0.05, 0) is 13.2 Å². The zero-order chi connectivity index (χ0) is 8.81. The molecule has 1 aromatic rings. The highest BCUT2D eigenvalue weighted by Crippen LogP contribution is 2.06. The highest BCUT2D eigenvalue weighted by molar-refractivity contribution is 7.97. The van der Waals surface area contributed by atoms with Gasteiger partial charge < -0.3 is 5.32 Å². The van der Waals surface area contributed by atoms with Crippen molar-refractivity contribution in [2.24, 2.45) is 0 Å². The van der Waals surface area contributed by atoms with Gasteiger partial charge in [0.2, 0.25) is 0 Å². The van der Waals surface area contributed by atoms with Crippen LogP contribution in [0, 0.1) is 0 Å². The van der Waals surface area contributed by atoms with Crippen LogP contribution in [0.3, 0.4) is 0 Å². The first kappa shape index (κ1) is 9.32. The van der Waals surface area contributed by atoms with Crippen LogP contribution in [0.1, 0.15) is 12.6 Å². The molecule has 0 saturated carbocycles. The van der Waals surface area contributed by atoms with E-state index in [-0.39, 0.29) is 0 Å². The fourth-order valence-electron chi connectivity index (χ4n) is 0.850. The molecule has 3 nitrogen and oxygen atoms in total. The van der Waals surface area contributed by atoms with Crippen LogP contribution < -0.4 is 5.32 Å². The maximum absolute atomic E-state index is 4.24. The Morgan fingerprint density at radius 3 is 2.75 bits per heavy atom. The summed E-state index contributed by atoms with van der Waals surface area (Å²) in [5.74, 6) is 1.78. The molecule has 0 aromatic carbocycles. The Hall–Kier alpha value is -0.770. The lowest BCUT2D eigenvalue weighted by molar-refractivity contribution is 1.07. The van der Waals surface area contributed by atoms with Crippen LogP contribution >= 0.6 is 11.8 Å². The standard InChI is InChI=1S/C8H13N3S/c1-3-9-8-5-10-7(4-11-8)6-12-2/h4-5H,3,6H2,1-2H3,(H,9,11). The molecule has 0 saturated heterocycles. The van der Waals surface area contributed by atoms with E-state index < -0.39 is 0 Å². The lowest BCUT2D eigenvalue weighted by atomic mass is 10.5. The fourth-order valence-corrected chi connectivity index (χ4v) is 1.29. The minimum atomic E-state index is 0.849. The highest BCUT2D eigenvalue weighted by atomic mass is 32.2. The van der Waals surface area contributed by atoms with E-state index in [1.807, 2.05) is 13.1 Å². The molecule has 1 heterocycles. The summed E-state index contributed by atoms with van der Waals surface area (Å²) in [5, 5.41) is 3.10. The number of nitrogens with one attached hydrogen (secondary N) is 1. The third-order valence-corrected chi connectivity index (χ3v) is 1.94. The van der Waals surface area contributed by atoms with Crippen LogP contribution in [-0.4, -0.2) is 22.8 Å². The topological polar surface area (TPSA) is 37.8 Å². The zero-order valence-corrected chi connectivity index (χ0v) is 8.19. The average molecular weight is 183 g/mol. The highest BCUT2D eigenvalue weighted by Gasteiger charge is 1.94. The van der Waals surface area contributed by atoms with E-state index in [1.165, 1.54) is 0 Å². The van der Waals surface area contributed by atoms with Crippen molar-refractivity contribution in [1.29, 1.82) is 0 Å². The predicted octanol–water partition coefficient (Wildman–Crippen LogP) is 1.77. The lowest BCUT2D eigenvalue weighted by Gasteiger charge is -2.01. The Morgan fingerprint density at radius 2 is 2.25 bits per heavy atom. The number of anilines is 1. The van der Waals surface area contributed by atoms with Gasteiger partial charge in [0, 0.05) is 12.3 Å². The van der Waals surface area contributed by atoms with E-state index in [0.717, 1.165) is 23.8 Å².